The fourth-order valence-electron chi connectivity index (χ4n) is 3.40. The number of carbonyl (C=O) groups is 2. The molecule has 4 rings (SSSR count). The minimum absolute atomic E-state index is 0.0809. The van der Waals surface area contributed by atoms with Crippen LogP contribution < -0.4 is 4.74 Å². The number of thiophene rings is 1. The van der Waals surface area contributed by atoms with Crippen molar-refractivity contribution in [3.8, 4) is 5.75 Å². The molecule has 4 nitrogen and oxygen atoms in total. The van der Waals surface area contributed by atoms with Gasteiger partial charge in [0, 0.05) is 25.9 Å². The van der Waals surface area contributed by atoms with Crippen LogP contribution in [-0.2, 0) is 0 Å². The number of carbonyl (C=O) groups excluding carboxylic acids is 2. The van der Waals surface area contributed by atoms with Crippen molar-refractivity contribution in [3.05, 3.63) is 52.2 Å². The highest BCUT2D eigenvalue weighted by atomic mass is 32.1. The maximum absolute atomic E-state index is 12.4. The van der Waals surface area contributed by atoms with Crippen LogP contribution in [0.3, 0.4) is 0 Å². The molecule has 3 heterocycles. The van der Waals surface area contributed by atoms with Gasteiger partial charge < -0.3 is 9.64 Å². The van der Waals surface area contributed by atoms with Crippen molar-refractivity contribution in [3.63, 3.8) is 0 Å². The number of nitrogens with zero attached hydrogens (tertiary/aromatic N) is 1. The first kappa shape index (κ1) is 14.5. The molecule has 0 aliphatic carbocycles. The number of hydrogen-bond donors (Lipinski definition) is 0. The van der Waals surface area contributed by atoms with Crippen LogP contribution in [0, 0.1) is 0 Å². The zero-order valence-electron chi connectivity index (χ0n) is 12.7. The predicted octanol–water partition coefficient (Wildman–Crippen LogP) is 3.39. The van der Waals surface area contributed by atoms with E-state index in [-0.39, 0.29) is 11.7 Å². The Morgan fingerprint density at radius 2 is 1.91 bits per heavy atom. The molecule has 0 saturated carbocycles. The van der Waals surface area contributed by atoms with E-state index >= 15 is 0 Å². The number of Topliss-reactive ketones (excluding diaryl/α,β-unsaturated/α-hetero) is 1. The van der Waals surface area contributed by atoms with Crippen LogP contribution >= 0.6 is 11.3 Å². The highest BCUT2D eigenvalue weighted by Gasteiger charge is 2.43. The van der Waals surface area contributed by atoms with Gasteiger partial charge in [-0.15, -0.1) is 11.3 Å². The molecule has 0 atom stereocenters. The summed E-state index contributed by atoms with van der Waals surface area (Å²) in [5.74, 6) is 0.907. The second kappa shape index (κ2) is 5.49. The number of piperidine rings is 1. The summed E-state index contributed by atoms with van der Waals surface area (Å²) in [6.07, 6.45) is 1.80. The number of amides is 1. The lowest BCUT2D eigenvalue weighted by molar-refractivity contribution is -0.00558. The summed E-state index contributed by atoms with van der Waals surface area (Å²) in [6.45, 7) is 1.26. The summed E-state index contributed by atoms with van der Waals surface area (Å²) in [7, 11) is 0. The first-order valence-corrected chi connectivity index (χ1v) is 8.69. The fourth-order valence-corrected chi connectivity index (χ4v) is 4.09. The third-order valence-corrected chi connectivity index (χ3v) is 5.55. The van der Waals surface area contributed by atoms with E-state index in [1.165, 1.54) is 11.3 Å². The number of hydrogen-bond acceptors (Lipinski definition) is 4. The summed E-state index contributed by atoms with van der Waals surface area (Å²) in [6, 6.07) is 11.2. The summed E-state index contributed by atoms with van der Waals surface area (Å²) in [5, 5.41) is 1.92. The van der Waals surface area contributed by atoms with Crippen LogP contribution in [0.2, 0.25) is 0 Å². The van der Waals surface area contributed by atoms with Gasteiger partial charge in [0.15, 0.2) is 5.78 Å². The molecule has 2 aliphatic rings. The Bertz CT molecular complexity index is 745. The molecule has 1 saturated heterocycles. The van der Waals surface area contributed by atoms with Gasteiger partial charge in [-0.3, -0.25) is 9.59 Å². The Labute approximate surface area is 138 Å². The van der Waals surface area contributed by atoms with E-state index in [2.05, 4.69) is 0 Å². The fraction of sp³-hybridized carbons (Fsp3) is 0.333. The molecule has 0 bridgehead atoms. The lowest BCUT2D eigenvalue weighted by Gasteiger charge is -2.43. The normalized spacial score (nSPS) is 19.3. The van der Waals surface area contributed by atoms with Gasteiger partial charge in [-0.05, 0) is 23.6 Å². The molecule has 2 aliphatic heterocycles. The molecule has 118 valence electrons. The first-order valence-electron chi connectivity index (χ1n) is 7.81. The second-order valence-corrected chi connectivity index (χ2v) is 7.10. The molecule has 23 heavy (non-hydrogen) atoms. The van der Waals surface area contributed by atoms with Gasteiger partial charge in [0.25, 0.3) is 5.91 Å². The minimum Gasteiger partial charge on any atom is -0.486 e. The topological polar surface area (TPSA) is 46.6 Å². The van der Waals surface area contributed by atoms with E-state index in [9.17, 15) is 9.59 Å². The summed E-state index contributed by atoms with van der Waals surface area (Å²) < 4.78 is 6.19. The van der Waals surface area contributed by atoms with Gasteiger partial charge in [-0.2, -0.15) is 0 Å². The Morgan fingerprint density at radius 3 is 2.65 bits per heavy atom. The average Bonchev–Trinajstić information content (AvgIpc) is 3.09. The molecule has 1 spiro atoms. The lowest BCUT2D eigenvalue weighted by Crippen LogP contribution is -2.52. The Balaban J connectivity index is 1.50. The number of rotatable bonds is 1. The maximum atomic E-state index is 12.4. The van der Waals surface area contributed by atoms with E-state index in [4.69, 9.17) is 4.74 Å². The zero-order valence-corrected chi connectivity index (χ0v) is 13.5. The van der Waals surface area contributed by atoms with Crippen LogP contribution in [0.4, 0.5) is 0 Å². The Morgan fingerprint density at radius 1 is 1.13 bits per heavy atom. The SMILES string of the molecule is O=C1CC2(CCN(C(=O)c3cccs3)CC2)Oc2ccccc21. The van der Waals surface area contributed by atoms with Crippen molar-refractivity contribution in [1.82, 2.24) is 4.90 Å². The molecule has 2 aromatic rings. The van der Waals surface area contributed by atoms with Crippen molar-refractivity contribution in [2.45, 2.75) is 24.9 Å². The van der Waals surface area contributed by atoms with Gasteiger partial charge in [0.1, 0.15) is 11.4 Å². The number of likely N-dealkylation sites (tertiary alicyclic amines) is 1. The summed E-state index contributed by atoms with van der Waals surface area (Å²) >= 11 is 1.47. The average molecular weight is 327 g/mol. The number of ether oxygens (including phenoxy) is 1. The van der Waals surface area contributed by atoms with E-state index in [0.29, 0.717) is 43.7 Å². The van der Waals surface area contributed by atoms with E-state index < -0.39 is 5.60 Å². The van der Waals surface area contributed by atoms with E-state index in [1.54, 1.807) is 0 Å². The minimum atomic E-state index is -0.447. The molecular formula is C18H17NO3S. The molecule has 1 amide bonds. The monoisotopic (exact) mass is 327 g/mol. The van der Waals surface area contributed by atoms with Gasteiger partial charge in [0.05, 0.1) is 16.9 Å². The third kappa shape index (κ3) is 2.55. The molecule has 1 fully saturated rings. The van der Waals surface area contributed by atoms with Crippen molar-refractivity contribution in [2.75, 3.05) is 13.1 Å². The van der Waals surface area contributed by atoms with Crippen LogP contribution in [0.1, 0.15) is 39.3 Å². The Hall–Kier alpha value is -2.14. The number of ketones is 1. The molecule has 1 aromatic carbocycles. The van der Waals surface area contributed by atoms with Crippen LogP contribution in [0.25, 0.3) is 0 Å². The van der Waals surface area contributed by atoms with Crippen molar-refractivity contribution >= 4 is 23.0 Å². The van der Waals surface area contributed by atoms with Crippen LogP contribution in [0.5, 0.6) is 5.75 Å². The zero-order chi connectivity index (χ0) is 15.9. The molecule has 0 N–H and O–H groups in total. The predicted molar refractivity (Wildman–Crippen MR) is 88.2 cm³/mol. The van der Waals surface area contributed by atoms with Gasteiger partial charge in [-0.25, -0.2) is 0 Å². The van der Waals surface area contributed by atoms with Crippen molar-refractivity contribution in [2.24, 2.45) is 0 Å². The van der Waals surface area contributed by atoms with Crippen molar-refractivity contribution < 1.29 is 14.3 Å². The lowest BCUT2D eigenvalue weighted by atomic mass is 9.82. The highest BCUT2D eigenvalue weighted by molar-refractivity contribution is 7.12. The number of para-hydroxylation sites is 1. The quantitative estimate of drug-likeness (QED) is 0.806. The van der Waals surface area contributed by atoms with E-state index in [0.717, 1.165) is 4.88 Å². The molecule has 5 heteroatoms. The van der Waals surface area contributed by atoms with Gasteiger partial charge in [0.2, 0.25) is 0 Å². The van der Waals surface area contributed by atoms with Crippen molar-refractivity contribution in [1.29, 1.82) is 0 Å². The first-order chi connectivity index (χ1) is 11.2. The van der Waals surface area contributed by atoms with Gasteiger partial charge in [-0.1, -0.05) is 18.2 Å². The molecular weight excluding hydrogens is 310 g/mol. The smallest absolute Gasteiger partial charge is 0.263 e. The summed E-state index contributed by atoms with van der Waals surface area (Å²) in [5.41, 5.74) is 0.229. The third-order valence-electron chi connectivity index (χ3n) is 4.69. The van der Waals surface area contributed by atoms with E-state index in [1.807, 2.05) is 46.7 Å². The van der Waals surface area contributed by atoms with Crippen LogP contribution in [-0.4, -0.2) is 35.3 Å². The second-order valence-electron chi connectivity index (χ2n) is 6.15. The summed E-state index contributed by atoms with van der Waals surface area (Å²) in [4.78, 5) is 27.5. The van der Waals surface area contributed by atoms with Crippen LogP contribution in [0.15, 0.2) is 41.8 Å². The molecule has 1 aromatic heterocycles. The maximum Gasteiger partial charge on any atom is 0.263 e. The number of benzene rings is 1. The Kier molecular flexibility index (Phi) is 3.45. The van der Waals surface area contributed by atoms with Gasteiger partial charge >= 0.3 is 0 Å². The highest BCUT2D eigenvalue weighted by Crippen LogP contribution is 2.39. The molecule has 0 unspecified atom stereocenters. The number of fused-ring (bicyclic) bond motifs is 1. The molecule has 0 radical (unpaired) electrons. The standard InChI is InChI=1S/C18H17NO3S/c20-14-12-18(22-15-5-2-1-4-13(14)15)7-9-19(10-8-18)17(21)16-6-3-11-23-16/h1-6,11H,7-10,12H2. The largest absolute Gasteiger partial charge is 0.486 e.